The lowest BCUT2D eigenvalue weighted by Crippen LogP contribution is -2.40. The molecule has 0 saturated carbocycles. The summed E-state index contributed by atoms with van der Waals surface area (Å²) in [7, 11) is 0. The minimum absolute atomic E-state index is 0.163. The number of nitrogens with one attached hydrogen (secondary N) is 1. The summed E-state index contributed by atoms with van der Waals surface area (Å²) in [6.07, 6.45) is 1.38. The van der Waals surface area contributed by atoms with Gasteiger partial charge < -0.3 is 15.3 Å². The Morgan fingerprint density at radius 1 is 1.27 bits per heavy atom. The van der Waals surface area contributed by atoms with E-state index in [4.69, 9.17) is 5.11 Å². The van der Waals surface area contributed by atoms with Crippen LogP contribution in [0.2, 0.25) is 0 Å². The van der Waals surface area contributed by atoms with Gasteiger partial charge in [0.25, 0.3) is 5.24 Å². The average molecular weight is 322 g/mol. The summed E-state index contributed by atoms with van der Waals surface area (Å²) in [5.74, 6) is -0.828. The molecule has 1 fully saturated rings. The molecule has 1 aromatic rings. The Bertz CT molecular complexity index is 550. The van der Waals surface area contributed by atoms with Crippen molar-refractivity contribution in [2.24, 2.45) is 0 Å². The van der Waals surface area contributed by atoms with Crippen LogP contribution >= 0.6 is 11.8 Å². The van der Waals surface area contributed by atoms with Crippen LogP contribution in [-0.4, -0.2) is 45.5 Å². The highest BCUT2D eigenvalue weighted by Crippen LogP contribution is 2.19. The van der Waals surface area contributed by atoms with Crippen LogP contribution in [-0.2, 0) is 9.59 Å². The first-order valence-corrected chi connectivity index (χ1v) is 8.07. The third kappa shape index (κ3) is 4.49. The normalized spacial score (nSPS) is 17.3. The van der Waals surface area contributed by atoms with Crippen molar-refractivity contribution in [1.82, 2.24) is 4.90 Å². The van der Waals surface area contributed by atoms with Crippen LogP contribution in [0, 0.1) is 0 Å². The van der Waals surface area contributed by atoms with Gasteiger partial charge in [0.05, 0.1) is 0 Å². The zero-order chi connectivity index (χ0) is 15.9. The van der Waals surface area contributed by atoms with E-state index in [1.165, 1.54) is 4.90 Å². The van der Waals surface area contributed by atoms with E-state index in [0.29, 0.717) is 30.8 Å². The number of anilines is 1. The highest BCUT2D eigenvalue weighted by Gasteiger charge is 2.33. The van der Waals surface area contributed by atoms with Gasteiger partial charge in [0, 0.05) is 24.4 Å². The molecule has 118 valence electrons. The van der Waals surface area contributed by atoms with E-state index < -0.39 is 12.0 Å². The minimum atomic E-state index is -0.958. The Kier molecular flexibility index (Phi) is 5.83. The molecule has 1 saturated heterocycles. The van der Waals surface area contributed by atoms with E-state index in [0.717, 1.165) is 11.8 Å². The van der Waals surface area contributed by atoms with E-state index in [2.05, 4.69) is 5.32 Å². The number of carboxylic acid groups (broad SMARTS) is 1. The number of carbonyl (C=O) groups excluding carboxylic acids is 2. The number of aliphatic carboxylic acids is 1. The molecule has 6 nitrogen and oxygen atoms in total. The number of thioether (sulfide) groups is 1. The van der Waals surface area contributed by atoms with Gasteiger partial charge >= 0.3 is 5.97 Å². The van der Waals surface area contributed by atoms with Crippen LogP contribution in [0.3, 0.4) is 0 Å². The van der Waals surface area contributed by atoms with Gasteiger partial charge in [-0.25, -0.2) is 4.79 Å². The molecule has 0 radical (unpaired) electrons. The molecule has 2 rings (SSSR count). The van der Waals surface area contributed by atoms with E-state index in [9.17, 15) is 14.4 Å². The van der Waals surface area contributed by atoms with Crippen molar-refractivity contribution >= 4 is 34.6 Å². The van der Waals surface area contributed by atoms with Crippen molar-refractivity contribution in [3.63, 3.8) is 0 Å². The molecule has 1 aromatic carbocycles. The number of para-hydroxylation sites is 1. The van der Waals surface area contributed by atoms with Crippen LogP contribution in [0.1, 0.15) is 19.3 Å². The zero-order valence-corrected chi connectivity index (χ0v) is 12.8. The zero-order valence-electron chi connectivity index (χ0n) is 12.0. The fourth-order valence-corrected chi connectivity index (χ4v) is 3.02. The molecule has 0 unspecified atom stereocenters. The maximum absolute atomic E-state index is 12.0. The smallest absolute Gasteiger partial charge is 0.326 e. The summed E-state index contributed by atoms with van der Waals surface area (Å²) in [5, 5.41) is 11.5. The van der Waals surface area contributed by atoms with Gasteiger partial charge in [-0.05, 0) is 25.0 Å². The van der Waals surface area contributed by atoms with Crippen LogP contribution < -0.4 is 5.32 Å². The molecule has 1 aliphatic heterocycles. The second-order valence-corrected chi connectivity index (χ2v) is 6.03. The van der Waals surface area contributed by atoms with Crippen molar-refractivity contribution in [1.29, 1.82) is 0 Å². The Labute approximate surface area is 132 Å². The second-order valence-electron chi connectivity index (χ2n) is 4.96. The summed E-state index contributed by atoms with van der Waals surface area (Å²) < 4.78 is 0. The number of hydrogen-bond donors (Lipinski definition) is 2. The fourth-order valence-electron chi connectivity index (χ4n) is 2.37. The first kappa shape index (κ1) is 16.4. The van der Waals surface area contributed by atoms with Gasteiger partial charge in [0.1, 0.15) is 6.04 Å². The van der Waals surface area contributed by atoms with Crippen molar-refractivity contribution in [2.75, 3.05) is 17.6 Å². The summed E-state index contributed by atoms with van der Waals surface area (Å²) >= 11 is 1.02. The summed E-state index contributed by atoms with van der Waals surface area (Å²) in [5.41, 5.74) is 0.705. The SMILES string of the molecule is O=C(Nc1ccccc1)SCCC(=O)N1CCC[C@H]1C(=O)O. The number of carbonyl (C=O) groups is 3. The summed E-state index contributed by atoms with van der Waals surface area (Å²) in [6, 6.07) is 8.36. The Morgan fingerprint density at radius 3 is 2.68 bits per heavy atom. The molecule has 22 heavy (non-hydrogen) atoms. The number of amides is 2. The Balaban J connectivity index is 1.73. The largest absolute Gasteiger partial charge is 0.480 e. The van der Waals surface area contributed by atoms with E-state index in [1.807, 2.05) is 18.2 Å². The number of rotatable bonds is 5. The van der Waals surface area contributed by atoms with Crippen molar-refractivity contribution in [3.8, 4) is 0 Å². The quantitative estimate of drug-likeness (QED) is 0.869. The lowest BCUT2D eigenvalue weighted by atomic mass is 10.2. The Hall–Kier alpha value is -2.02. The topological polar surface area (TPSA) is 86.7 Å². The summed E-state index contributed by atoms with van der Waals surface area (Å²) in [4.78, 5) is 36.2. The average Bonchev–Trinajstić information content (AvgIpc) is 2.98. The fraction of sp³-hybridized carbons (Fsp3) is 0.400. The monoisotopic (exact) mass is 322 g/mol. The molecule has 7 heteroatoms. The summed E-state index contributed by atoms with van der Waals surface area (Å²) in [6.45, 7) is 0.483. The third-order valence-electron chi connectivity index (χ3n) is 3.43. The van der Waals surface area contributed by atoms with Gasteiger partial charge in [-0.3, -0.25) is 9.59 Å². The molecule has 0 spiro atoms. The molecular weight excluding hydrogens is 304 g/mol. The highest BCUT2D eigenvalue weighted by atomic mass is 32.2. The van der Waals surface area contributed by atoms with Gasteiger partial charge in [-0.1, -0.05) is 30.0 Å². The van der Waals surface area contributed by atoms with Gasteiger partial charge in [-0.15, -0.1) is 0 Å². The molecular formula is C15H18N2O4S. The lowest BCUT2D eigenvalue weighted by molar-refractivity contribution is -0.148. The molecule has 2 amide bonds. The molecule has 1 aliphatic rings. The molecule has 1 heterocycles. The number of nitrogens with zero attached hydrogens (tertiary/aromatic N) is 1. The molecule has 0 aromatic heterocycles. The van der Waals surface area contributed by atoms with Crippen LogP contribution in [0.5, 0.6) is 0 Å². The van der Waals surface area contributed by atoms with E-state index >= 15 is 0 Å². The van der Waals surface area contributed by atoms with E-state index in [-0.39, 0.29) is 17.6 Å². The standard InChI is InChI=1S/C15H18N2O4S/c18-13(17-9-4-7-12(17)14(19)20)8-10-22-15(21)16-11-5-2-1-3-6-11/h1-3,5-6,12H,4,7-10H2,(H,16,21)(H,19,20)/t12-/m0/s1. The number of carboxylic acids is 1. The lowest BCUT2D eigenvalue weighted by Gasteiger charge is -2.21. The predicted octanol–water partition coefficient (Wildman–Crippen LogP) is 2.42. The molecule has 1 atom stereocenters. The van der Waals surface area contributed by atoms with Gasteiger partial charge in [0.2, 0.25) is 5.91 Å². The number of benzene rings is 1. The molecule has 0 bridgehead atoms. The highest BCUT2D eigenvalue weighted by molar-refractivity contribution is 8.13. The predicted molar refractivity (Wildman–Crippen MR) is 84.9 cm³/mol. The van der Waals surface area contributed by atoms with Gasteiger partial charge in [0.15, 0.2) is 0 Å². The van der Waals surface area contributed by atoms with E-state index in [1.54, 1.807) is 12.1 Å². The van der Waals surface area contributed by atoms with Crippen molar-refractivity contribution in [3.05, 3.63) is 30.3 Å². The van der Waals surface area contributed by atoms with Crippen molar-refractivity contribution in [2.45, 2.75) is 25.3 Å². The Morgan fingerprint density at radius 2 is 2.00 bits per heavy atom. The maximum Gasteiger partial charge on any atom is 0.326 e. The van der Waals surface area contributed by atoms with Crippen molar-refractivity contribution < 1.29 is 19.5 Å². The van der Waals surface area contributed by atoms with Gasteiger partial charge in [-0.2, -0.15) is 0 Å². The first-order chi connectivity index (χ1) is 10.6. The minimum Gasteiger partial charge on any atom is -0.480 e. The van der Waals surface area contributed by atoms with Crippen LogP contribution in [0.25, 0.3) is 0 Å². The maximum atomic E-state index is 12.0. The number of likely N-dealkylation sites (tertiary alicyclic amines) is 1. The molecule has 0 aliphatic carbocycles. The second kappa shape index (κ2) is 7.84. The molecule has 2 N–H and O–H groups in total. The number of hydrogen-bond acceptors (Lipinski definition) is 4. The third-order valence-corrected chi connectivity index (χ3v) is 4.20. The van der Waals surface area contributed by atoms with Crippen LogP contribution in [0.4, 0.5) is 10.5 Å². The van der Waals surface area contributed by atoms with Crippen LogP contribution in [0.15, 0.2) is 30.3 Å². The first-order valence-electron chi connectivity index (χ1n) is 7.09.